The fraction of sp³-hybridized carbons (Fsp3) is 0.417. The van der Waals surface area contributed by atoms with Crippen molar-refractivity contribution in [1.29, 1.82) is 0 Å². The number of carboxylic acid groups (broad SMARTS) is 1. The second kappa shape index (κ2) is 3.97. The quantitative estimate of drug-likeness (QED) is 0.851. The third-order valence-corrected chi connectivity index (χ3v) is 3.46. The second-order valence-electron chi connectivity index (χ2n) is 4.63. The SMILES string of the molecule is Cn1cnc2c(N3CCC(C(=O)O)C3)nccc21. The number of carboxylic acids is 1. The number of nitrogens with zero attached hydrogens (tertiary/aromatic N) is 4. The van der Waals surface area contributed by atoms with E-state index in [1.807, 2.05) is 22.6 Å². The molecule has 0 spiro atoms. The minimum atomic E-state index is -0.731. The van der Waals surface area contributed by atoms with Crippen molar-refractivity contribution in [3.05, 3.63) is 18.6 Å². The maximum atomic E-state index is 11.0. The van der Waals surface area contributed by atoms with Gasteiger partial charge in [0, 0.05) is 26.3 Å². The molecule has 1 unspecified atom stereocenters. The normalized spacial score (nSPS) is 19.6. The van der Waals surface area contributed by atoms with Crippen molar-refractivity contribution in [3.8, 4) is 0 Å². The zero-order chi connectivity index (χ0) is 12.7. The Kier molecular flexibility index (Phi) is 2.43. The van der Waals surface area contributed by atoms with E-state index < -0.39 is 5.97 Å². The highest BCUT2D eigenvalue weighted by atomic mass is 16.4. The van der Waals surface area contributed by atoms with Crippen molar-refractivity contribution in [2.75, 3.05) is 18.0 Å². The van der Waals surface area contributed by atoms with Gasteiger partial charge in [0.1, 0.15) is 5.52 Å². The van der Waals surface area contributed by atoms with Crippen LogP contribution in [-0.4, -0.2) is 38.7 Å². The summed E-state index contributed by atoms with van der Waals surface area (Å²) >= 11 is 0. The molecule has 1 aliphatic rings. The Bertz CT molecular complexity index is 607. The standard InChI is InChI=1S/C12H14N4O2/c1-15-7-14-10-9(15)2-4-13-11(10)16-5-3-8(6-16)12(17)18/h2,4,7-8H,3,5-6H2,1H3,(H,17,18). The van der Waals surface area contributed by atoms with Gasteiger partial charge < -0.3 is 14.6 Å². The van der Waals surface area contributed by atoms with Crippen LogP contribution in [0.3, 0.4) is 0 Å². The molecule has 0 bridgehead atoms. The van der Waals surface area contributed by atoms with Gasteiger partial charge in [-0.3, -0.25) is 4.79 Å². The summed E-state index contributed by atoms with van der Waals surface area (Å²) < 4.78 is 1.94. The van der Waals surface area contributed by atoms with Crippen molar-refractivity contribution < 1.29 is 9.90 Å². The Morgan fingerprint density at radius 3 is 3.06 bits per heavy atom. The van der Waals surface area contributed by atoms with Gasteiger partial charge in [-0.15, -0.1) is 0 Å². The van der Waals surface area contributed by atoms with E-state index in [9.17, 15) is 4.79 Å². The van der Waals surface area contributed by atoms with E-state index in [0.717, 1.165) is 23.4 Å². The number of rotatable bonds is 2. The zero-order valence-electron chi connectivity index (χ0n) is 10.1. The lowest BCUT2D eigenvalue weighted by Gasteiger charge is -2.16. The molecule has 94 valence electrons. The average molecular weight is 246 g/mol. The van der Waals surface area contributed by atoms with Crippen LogP contribution in [0.15, 0.2) is 18.6 Å². The molecule has 1 N–H and O–H groups in total. The molecule has 0 amide bonds. The number of carbonyl (C=O) groups is 1. The number of pyridine rings is 1. The van der Waals surface area contributed by atoms with Gasteiger partial charge in [0.15, 0.2) is 5.82 Å². The first-order chi connectivity index (χ1) is 8.66. The summed E-state index contributed by atoms with van der Waals surface area (Å²) in [5.41, 5.74) is 1.85. The highest BCUT2D eigenvalue weighted by Crippen LogP contribution is 2.27. The molecule has 0 saturated carbocycles. The van der Waals surface area contributed by atoms with Gasteiger partial charge in [-0.05, 0) is 12.5 Å². The first-order valence-electron chi connectivity index (χ1n) is 5.90. The van der Waals surface area contributed by atoms with Gasteiger partial charge in [0.05, 0.1) is 17.8 Å². The number of aryl methyl sites for hydroxylation is 1. The number of aliphatic carboxylic acids is 1. The number of fused-ring (bicyclic) bond motifs is 1. The maximum Gasteiger partial charge on any atom is 0.308 e. The molecule has 3 heterocycles. The van der Waals surface area contributed by atoms with E-state index >= 15 is 0 Å². The van der Waals surface area contributed by atoms with Crippen LogP contribution >= 0.6 is 0 Å². The van der Waals surface area contributed by atoms with E-state index in [0.29, 0.717) is 13.0 Å². The Hall–Kier alpha value is -2.11. The lowest BCUT2D eigenvalue weighted by atomic mass is 10.1. The van der Waals surface area contributed by atoms with E-state index in [2.05, 4.69) is 9.97 Å². The van der Waals surface area contributed by atoms with E-state index in [4.69, 9.17) is 5.11 Å². The molecule has 0 aromatic carbocycles. The van der Waals surface area contributed by atoms with Crippen LogP contribution in [0.1, 0.15) is 6.42 Å². The molecular weight excluding hydrogens is 232 g/mol. The summed E-state index contributed by atoms with van der Waals surface area (Å²) in [5, 5.41) is 9.03. The fourth-order valence-electron chi connectivity index (χ4n) is 2.43. The van der Waals surface area contributed by atoms with Gasteiger partial charge >= 0.3 is 5.97 Å². The van der Waals surface area contributed by atoms with Gasteiger partial charge in [-0.1, -0.05) is 0 Å². The highest BCUT2D eigenvalue weighted by molar-refractivity contribution is 5.86. The summed E-state index contributed by atoms with van der Waals surface area (Å²) in [6, 6.07) is 1.91. The van der Waals surface area contributed by atoms with Gasteiger partial charge in [0.2, 0.25) is 0 Å². The molecule has 2 aromatic heterocycles. The Labute approximate surface area is 104 Å². The van der Waals surface area contributed by atoms with Crippen molar-refractivity contribution in [2.45, 2.75) is 6.42 Å². The van der Waals surface area contributed by atoms with Crippen LogP contribution in [0.25, 0.3) is 11.0 Å². The van der Waals surface area contributed by atoms with Gasteiger partial charge in [-0.25, -0.2) is 9.97 Å². The van der Waals surface area contributed by atoms with E-state index in [1.165, 1.54) is 0 Å². The number of anilines is 1. The smallest absolute Gasteiger partial charge is 0.308 e. The number of aromatic nitrogens is 3. The van der Waals surface area contributed by atoms with Crippen molar-refractivity contribution in [2.24, 2.45) is 13.0 Å². The van der Waals surface area contributed by atoms with Crippen LogP contribution < -0.4 is 4.90 Å². The van der Waals surface area contributed by atoms with Crippen LogP contribution in [-0.2, 0) is 11.8 Å². The summed E-state index contributed by atoms with van der Waals surface area (Å²) in [7, 11) is 1.93. The topological polar surface area (TPSA) is 71.2 Å². The highest BCUT2D eigenvalue weighted by Gasteiger charge is 2.29. The molecule has 18 heavy (non-hydrogen) atoms. The summed E-state index contributed by atoms with van der Waals surface area (Å²) in [6.07, 6.45) is 4.16. The van der Waals surface area contributed by atoms with E-state index in [1.54, 1.807) is 12.5 Å². The predicted octanol–water partition coefficient (Wildman–Crippen LogP) is 0.879. The molecule has 6 nitrogen and oxygen atoms in total. The first kappa shape index (κ1) is 11.0. The number of hydrogen-bond acceptors (Lipinski definition) is 4. The lowest BCUT2D eigenvalue weighted by Crippen LogP contribution is -2.23. The Balaban J connectivity index is 1.98. The molecule has 0 radical (unpaired) electrons. The van der Waals surface area contributed by atoms with Crippen LogP contribution in [0.2, 0.25) is 0 Å². The second-order valence-corrected chi connectivity index (χ2v) is 4.63. The van der Waals surface area contributed by atoms with E-state index in [-0.39, 0.29) is 5.92 Å². The minimum absolute atomic E-state index is 0.300. The van der Waals surface area contributed by atoms with Gasteiger partial charge in [0.25, 0.3) is 0 Å². The molecular formula is C12H14N4O2. The molecule has 1 saturated heterocycles. The lowest BCUT2D eigenvalue weighted by molar-refractivity contribution is -0.140. The van der Waals surface area contributed by atoms with Crippen LogP contribution in [0, 0.1) is 5.92 Å². The molecule has 3 rings (SSSR count). The molecule has 2 aromatic rings. The summed E-state index contributed by atoms with van der Waals surface area (Å²) in [4.78, 5) is 21.7. The maximum absolute atomic E-state index is 11.0. The van der Waals surface area contributed by atoms with Crippen molar-refractivity contribution in [3.63, 3.8) is 0 Å². The monoisotopic (exact) mass is 246 g/mol. The van der Waals surface area contributed by atoms with Crippen LogP contribution in [0.5, 0.6) is 0 Å². The minimum Gasteiger partial charge on any atom is -0.481 e. The predicted molar refractivity (Wildman–Crippen MR) is 66.5 cm³/mol. The Morgan fingerprint density at radius 1 is 1.50 bits per heavy atom. The first-order valence-corrected chi connectivity index (χ1v) is 5.90. The molecule has 6 heteroatoms. The fourth-order valence-corrected chi connectivity index (χ4v) is 2.43. The van der Waals surface area contributed by atoms with Gasteiger partial charge in [-0.2, -0.15) is 0 Å². The van der Waals surface area contributed by atoms with Crippen molar-refractivity contribution in [1.82, 2.24) is 14.5 Å². The molecule has 1 fully saturated rings. The average Bonchev–Trinajstić information content (AvgIpc) is 2.97. The largest absolute Gasteiger partial charge is 0.481 e. The summed E-state index contributed by atoms with van der Waals surface area (Å²) in [6.45, 7) is 1.23. The van der Waals surface area contributed by atoms with Crippen LogP contribution in [0.4, 0.5) is 5.82 Å². The molecule has 1 atom stereocenters. The number of imidazole rings is 1. The third-order valence-electron chi connectivity index (χ3n) is 3.46. The Morgan fingerprint density at radius 2 is 2.33 bits per heavy atom. The molecule has 0 aliphatic carbocycles. The summed E-state index contributed by atoms with van der Waals surface area (Å²) in [5.74, 6) is -0.242. The zero-order valence-corrected chi connectivity index (χ0v) is 10.1. The van der Waals surface area contributed by atoms with Crippen molar-refractivity contribution >= 4 is 22.8 Å². The number of hydrogen-bond donors (Lipinski definition) is 1. The third kappa shape index (κ3) is 1.61. The molecule has 1 aliphatic heterocycles.